The summed E-state index contributed by atoms with van der Waals surface area (Å²) < 4.78 is 1.99. The number of H-pyrrole nitrogens is 1. The van der Waals surface area contributed by atoms with Crippen molar-refractivity contribution in [2.45, 2.75) is 45.8 Å². The van der Waals surface area contributed by atoms with E-state index in [1.165, 1.54) is 16.8 Å². The second-order valence-corrected chi connectivity index (χ2v) is 16.9. The molecule has 0 spiro atoms. The minimum Gasteiger partial charge on any atom is -0.367 e. The molecule has 6 heteroatoms. The molecule has 0 aliphatic rings. The maximum absolute atomic E-state index is 12.6. The number of hydrogen-bond donors (Lipinski definition) is 1. The molecule has 0 atom stereocenters. The number of nitrogens with one attached hydrogen (secondary N) is 1. The smallest absolute Gasteiger partial charge is 0.192 e. The quantitative estimate of drug-likeness (QED) is 0.283. The number of imidazole rings is 1. The fourth-order valence-corrected chi connectivity index (χ4v) is 5.69. The van der Waals surface area contributed by atoms with Crippen molar-refractivity contribution in [1.82, 2.24) is 19.5 Å². The van der Waals surface area contributed by atoms with Gasteiger partial charge in [-0.05, 0) is 46.0 Å². The van der Waals surface area contributed by atoms with Crippen molar-refractivity contribution in [2.24, 2.45) is 7.05 Å². The van der Waals surface area contributed by atoms with Crippen LogP contribution in [0.2, 0.25) is 19.6 Å². The first-order chi connectivity index (χ1) is 17.4. The van der Waals surface area contributed by atoms with Crippen molar-refractivity contribution in [3.05, 3.63) is 89.0 Å². The van der Waals surface area contributed by atoms with Gasteiger partial charge in [0.2, 0.25) is 0 Å². The van der Waals surface area contributed by atoms with Gasteiger partial charge in [-0.1, -0.05) is 64.7 Å². The van der Waals surface area contributed by atoms with Gasteiger partial charge in [-0.3, -0.25) is 9.78 Å². The summed E-state index contributed by atoms with van der Waals surface area (Å²) in [5.41, 5.74) is 7.77. The molecule has 0 aliphatic carbocycles. The van der Waals surface area contributed by atoms with Crippen LogP contribution >= 0.6 is 0 Å². The van der Waals surface area contributed by atoms with Crippen molar-refractivity contribution in [3.8, 4) is 33.8 Å². The maximum atomic E-state index is 12.6. The normalized spacial score (nSPS) is 12.3. The summed E-state index contributed by atoms with van der Waals surface area (Å²) in [6, 6.07) is 18.9. The van der Waals surface area contributed by atoms with E-state index in [-0.39, 0.29) is 10.8 Å². The van der Waals surface area contributed by atoms with Gasteiger partial charge in [-0.2, -0.15) is 0 Å². The number of rotatable bonds is 4. The van der Waals surface area contributed by atoms with E-state index >= 15 is 0 Å². The van der Waals surface area contributed by atoms with Gasteiger partial charge in [0.15, 0.2) is 5.43 Å². The highest BCUT2D eigenvalue weighted by Crippen LogP contribution is 2.36. The topological polar surface area (TPSA) is 63.6 Å². The van der Waals surface area contributed by atoms with Gasteiger partial charge < -0.3 is 9.55 Å². The van der Waals surface area contributed by atoms with Crippen LogP contribution in [-0.4, -0.2) is 27.6 Å². The lowest BCUT2D eigenvalue weighted by molar-refractivity contribution is 0.590. The van der Waals surface area contributed by atoms with Crippen molar-refractivity contribution in [1.29, 1.82) is 0 Å². The minimum absolute atomic E-state index is 0.0382. The highest BCUT2D eigenvalue weighted by molar-refractivity contribution is 6.88. The molecule has 0 aliphatic heterocycles. The molecule has 0 radical (unpaired) electrons. The Labute approximate surface area is 219 Å². The lowest BCUT2D eigenvalue weighted by Crippen LogP contribution is -2.37. The highest BCUT2D eigenvalue weighted by atomic mass is 28.3. The Balaban J connectivity index is 1.71. The van der Waals surface area contributed by atoms with E-state index in [9.17, 15) is 4.79 Å². The number of para-hydroxylation sites is 1. The standard InChI is InChI=1S/C31H34N4OSi/c1-31(2,3)22-16-20(15-21(17-22)26-12-11-23(18-33-26)37(5,6)7)24-9-8-10-27-29(24)34-30(35(27)4)25-19-32-14-13-28(25)36/h8-19H,1-7H3,(H,32,36). The third-order valence-electron chi connectivity index (χ3n) is 7.01. The third kappa shape index (κ3) is 4.69. The van der Waals surface area contributed by atoms with Crippen LogP contribution in [0, 0.1) is 0 Å². The summed E-state index contributed by atoms with van der Waals surface area (Å²) in [6.07, 6.45) is 5.41. The van der Waals surface area contributed by atoms with Crippen molar-refractivity contribution in [2.75, 3.05) is 0 Å². The van der Waals surface area contributed by atoms with Gasteiger partial charge in [-0.15, -0.1) is 0 Å². The molecule has 5 rings (SSSR count). The van der Waals surface area contributed by atoms with Crippen LogP contribution in [0.1, 0.15) is 26.3 Å². The Morgan fingerprint density at radius 3 is 2.32 bits per heavy atom. The molecule has 0 bridgehead atoms. The number of aromatic amines is 1. The summed E-state index contributed by atoms with van der Waals surface area (Å²) >= 11 is 0. The first-order valence-electron chi connectivity index (χ1n) is 12.7. The van der Waals surface area contributed by atoms with Crippen LogP contribution in [-0.2, 0) is 12.5 Å². The van der Waals surface area contributed by atoms with Crippen molar-refractivity contribution < 1.29 is 0 Å². The van der Waals surface area contributed by atoms with Crippen molar-refractivity contribution in [3.63, 3.8) is 0 Å². The largest absolute Gasteiger partial charge is 0.367 e. The second-order valence-electron chi connectivity index (χ2n) is 11.8. The monoisotopic (exact) mass is 506 g/mol. The molecule has 3 aromatic heterocycles. The van der Waals surface area contributed by atoms with E-state index in [4.69, 9.17) is 9.97 Å². The summed E-state index contributed by atoms with van der Waals surface area (Å²) in [6.45, 7) is 13.7. The fraction of sp³-hybridized carbons (Fsp3) is 0.258. The third-order valence-corrected chi connectivity index (χ3v) is 9.04. The molecule has 188 valence electrons. The van der Waals surface area contributed by atoms with E-state index in [0.29, 0.717) is 11.4 Å². The first-order valence-corrected chi connectivity index (χ1v) is 16.2. The van der Waals surface area contributed by atoms with Crippen LogP contribution in [0.5, 0.6) is 0 Å². The Morgan fingerprint density at radius 1 is 0.919 bits per heavy atom. The van der Waals surface area contributed by atoms with E-state index in [1.807, 2.05) is 17.8 Å². The van der Waals surface area contributed by atoms with E-state index < -0.39 is 8.07 Å². The van der Waals surface area contributed by atoms with Gasteiger partial charge in [0, 0.05) is 42.8 Å². The van der Waals surface area contributed by atoms with Crippen molar-refractivity contribution >= 4 is 24.3 Å². The zero-order valence-electron chi connectivity index (χ0n) is 22.7. The highest BCUT2D eigenvalue weighted by Gasteiger charge is 2.21. The summed E-state index contributed by atoms with van der Waals surface area (Å²) in [4.78, 5) is 25.5. The summed E-state index contributed by atoms with van der Waals surface area (Å²) in [7, 11) is 0.535. The molecule has 0 saturated heterocycles. The summed E-state index contributed by atoms with van der Waals surface area (Å²) in [5.74, 6) is 0.653. The number of hydrogen-bond acceptors (Lipinski definition) is 3. The predicted octanol–water partition coefficient (Wildman–Crippen LogP) is 6.50. The van der Waals surface area contributed by atoms with E-state index in [1.54, 1.807) is 12.4 Å². The lowest BCUT2D eigenvalue weighted by atomic mass is 9.83. The van der Waals surface area contributed by atoms with Gasteiger partial charge in [0.1, 0.15) is 5.82 Å². The van der Waals surface area contributed by atoms with Crippen LogP contribution in [0.25, 0.3) is 44.8 Å². The zero-order chi connectivity index (χ0) is 26.5. The molecule has 1 N–H and O–H groups in total. The Morgan fingerprint density at radius 2 is 1.68 bits per heavy atom. The zero-order valence-corrected chi connectivity index (χ0v) is 23.7. The number of pyridine rings is 2. The lowest BCUT2D eigenvalue weighted by Gasteiger charge is -2.22. The molecule has 5 aromatic rings. The Hall–Kier alpha value is -3.77. The molecule has 2 aromatic carbocycles. The number of nitrogens with zero attached hydrogens (tertiary/aromatic N) is 3. The van der Waals surface area contributed by atoms with Crippen LogP contribution in [0.15, 0.2) is 78.0 Å². The maximum Gasteiger partial charge on any atom is 0.192 e. The number of fused-ring (bicyclic) bond motifs is 1. The van der Waals surface area contributed by atoms with E-state index in [0.717, 1.165) is 33.4 Å². The summed E-state index contributed by atoms with van der Waals surface area (Å²) in [5, 5.41) is 1.35. The molecular weight excluding hydrogens is 472 g/mol. The van der Waals surface area contributed by atoms with Crippen LogP contribution in [0.3, 0.4) is 0 Å². The number of aryl methyl sites for hydroxylation is 1. The molecule has 3 heterocycles. The fourth-order valence-electron chi connectivity index (χ4n) is 4.65. The second kappa shape index (κ2) is 8.96. The molecule has 5 nitrogen and oxygen atoms in total. The average Bonchev–Trinajstić information content (AvgIpc) is 3.19. The Kier molecular flexibility index (Phi) is 6.03. The number of aromatic nitrogens is 4. The molecular formula is C31H34N4OSi. The van der Waals surface area contributed by atoms with Gasteiger partial charge in [-0.25, -0.2) is 4.98 Å². The van der Waals surface area contributed by atoms with Crippen LogP contribution < -0.4 is 10.6 Å². The predicted molar refractivity (Wildman–Crippen MR) is 157 cm³/mol. The molecule has 0 saturated carbocycles. The van der Waals surface area contributed by atoms with Gasteiger partial charge in [0.25, 0.3) is 0 Å². The molecule has 0 unspecified atom stereocenters. The molecule has 0 fully saturated rings. The molecule has 37 heavy (non-hydrogen) atoms. The average molecular weight is 507 g/mol. The van der Waals surface area contributed by atoms with Gasteiger partial charge in [0.05, 0.1) is 30.4 Å². The number of benzene rings is 2. The van der Waals surface area contributed by atoms with Gasteiger partial charge >= 0.3 is 0 Å². The SMILES string of the molecule is Cn1c(-c2c[nH]ccc2=O)nc2c(-c3cc(-c4ccc([Si](C)(C)C)cn4)cc(C(C)(C)C)c3)cccc21. The van der Waals surface area contributed by atoms with E-state index in [2.05, 4.69) is 93.9 Å². The molecule has 0 amide bonds. The van der Waals surface area contributed by atoms with Crippen LogP contribution in [0.4, 0.5) is 0 Å². The Bertz CT molecular complexity index is 1670. The minimum atomic E-state index is -1.42. The first kappa shape index (κ1) is 24.9.